The summed E-state index contributed by atoms with van der Waals surface area (Å²) in [5.41, 5.74) is 3.16. The van der Waals surface area contributed by atoms with Crippen LogP contribution in [0, 0.1) is 13.8 Å². The molecule has 0 aliphatic carbocycles. The first-order chi connectivity index (χ1) is 15.0. The average molecular weight is 428 g/mol. The Morgan fingerprint density at radius 2 is 1.90 bits per heavy atom. The number of benzene rings is 1. The molecule has 2 aromatic rings. The van der Waals surface area contributed by atoms with Crippen molar-refractivity contribution in [3.8, 4) is 5.75 Å². The fraction of sp³-hybridized carbons (Fsp3) is 0.435. The van der Waals surface area contributed by atoms with Gasteiger partial charge in [-0.1, -0.05) is 18.2 Å². The highest BCUT2D eigenvalue weighted by atomic mass is 16.5. The van der Waals surface area contributed by atoms with Crippen molar-refractivity contribution in [1.29, 1.82) is 0 Å². The lowest BCUT2D eigenvalue weighted by molar-refractivity contribution is -0.116. The molecular weight excluding hydrogens is 394 g/mol. The minimum atomic E-state index is -0.105. The van der Waals surface area contributed by atoms with Gasteiger partial charge in [0.1, 0.15) is 18.2 Å². The summed E-state index contributed by atoms with van der Waals surface area (Å²) >= 11 is 0. The van der Waals surface area contributed by atoms with Gasteiger partial charge in [-0.05, 0) is 44.0 Å². The van der Waals surface area contributed by atoms with Crippen LogP contribution in [0.25, 0.3) is 0 Å². The number of aryl methyl sites for hydroxylation is 2. The molecule has 0 aliphatic heterocycles. The number of aliphatic imine (C=N–C) groups is 1. The smallest absolute Gasteiger partial charge is 0.227 e. The van der Waals surface area contributed by atoms with Crippen molar-refractivity contribution in [2.24, 2.45) is 4.99 Å². The van der Waals surface area contributed by atoms with Gasteiger partial charge in [-0.3, -0.25) is 4.79 Å². The van der Waals surface area contributed by atoms with Crippen LogP contribution in [0.3, 0.4) is 0 Å². The summed E-state index contributed by atoms with van der Waals surface area (Å²) in [5.74, 6) is 1.90. The Morgan fingerprint density at radius 1 is 1.10 bits per heavy atom. The second-order valence-corrected chi connectivity index (χ2v) is 7.09. The van der Waals surface area contributed by atoms with Crippen LogP contribution in [0.2, 0.25) is 0 Å². The highest BCUT2D eigenvalue weighted by Gasteiger charge is 2.07. The van der Waals surface area contributed by atoms with Crippen LogP contribution in [0.4, 0.5) is 5.82 Å². The Balaban J connectivity index is 1.89. The number of rotatable bonds is 11. The monoisotopic (exact) mass is 427 g/mol. The molecule has 0 bridgehead atoms. The number of nitrogens with one attached hydrogen (secondary N) is 3. The molecule has 168 valence electrons. The molecular formula is C23H33N5O3. The second-order valence-electron chi connectivity index (χ2n) is 7.09. The molecule has 1 amide bonds. The van der Waals surface area contributed by atoms with Crippen LogP contribution in [0.15, 0.2) is 41.5 Å². The third kappa shape index (κ3) is 9.04. The first-order valence-corrected chi connectivity index (χ1v) is 10.5. The fourth-order valence-corrected chi connectivity index (χ4v) is 2.71. The molecule has 0 unspecified atom stereocenters. The Morgan fingerprint density at radius 3 is 2.61 bits per heavy atom. The van der Waals surface area contributed by atoms with Crippen LogP contribution in [0.1, 0.15) is 30.0 Å². The molecule has 0 saturated heterocycles. The Kier molecular flexibility index (Phi) is 10.3. The molecule has 1 aromatic heterocycles. The van der Waals surface area contributed by atoms with E-state index in [1.807, 2.05) is 45.0 Å². The maximum atomic E-state index is 12.1. The zero-order valence-corrected chi connectivity index (χ0v) is 18.8. The summed E-state index contributed by atoms with van der Waals surface area (Å²) in [4.78, 5) is 21.0. The summed E-state index contributed by atoms with van der Waals surface area (Å²) in [7, 11) is 1.65. The van der Waals surface area contributed by atoms with E-state index in [4.69, 9.17) is 9.47 Å². The van der Waals surface area contributed by atoms with E-state index < -0.39 is 0 Å². The minimum Gasteiger partial charge on any atom is -0.491 e. The SMILES string of the molecule is CCNC(=NCc1ccc(C)cc1OCCOC)NCCC(=O)Nc1ccc(C)cn1. The normalized spacial score (nSPS) is 11.2. The van der Waals surface area contributed by atoms with Crippen LogP contribution in [-0.4, -0.2) is 50.3 Å². The number of ether oxygens (including phenoxy) is 2. The third-order valence-electron chi connectivity index (χ3n) is 4.34. The molecule has 0 fully saturated rings. The summed E-state index contributed by atoms with van der Waals surface area (Å²) in [6.07, 6.45) is 2.03. The number of guanidine groups is 1. The number of aromatic nitrogens is 1. The summed E-state index contributed by atoms with van der Waals surface area (Å²) in [5, 5.41) is 9.19. The van der Waals surface area contributed by atoms with Gasteiger partial charge in [-0.15, -0.1) is 0 Å². The molecule has 1 aromatic carbocycles. The van der Waals surface area contributed by atoms with Gasteiger partial charge in [0.15, 0.2) is 5.96 Å². The molecule has 31 heavy (non-hydrogen) atoms. The molecule has 0 saturated carbocycles. The maximum absolute atomic E-state index is 12.1. The van der Waals surface area contributed by atoms with E-state index in [2.05, 4.69) is 25.9 Å². The third-order valence-corrected chi connectivity index (χ3v) is 4.34. The van der Waals surface area contributed by atoms with E-state index in [1.54, 1.807) is 19.4 Å². The molecule has 1 heterocycles. The summed E-state index contributed by atoms with van der Waals surface area (Å²) < 4.78 is 10.9. The van der Waals surface area contributed by atoms with Crippen LogP contribution >= 0.6 is 0 Å². The predicted molar refractivity (Wildman–Crippen MR) is 124 cm³/mol. The number of pyridine rings is 1. The largest absolute Gasteiger partial charge is 0.491 e. The van der Waals surface area contributed by atoms with Gasteiger partial charge in [0, 0.05) is 38.4 Å². The second kappa shape index (κ2) is 13.2. The topological polar surface area (TPSA) is 96.9 Å². The number of nitrogens with zero attached hydrogens (tertiary/aromatic N) is 2. The lowest BCUT2D eigenvalue weighted by Gasteiger charge is -2.13. The summed E-state index contributed by atoms with van der Waals surface area (Å²) in [6, 6.07) is 9.77. The molecule has 8 heteroatoms. The van der Waals surface area contributed by atoms with E-state index in [1.165, 1.54) is 0 Å². The zero-order valence-electron chi connectivity index (χ0n) is 18.8. The maximum Gasteiger partial charge on any atom is 0.227 e. The van der Waals surface area contributed by atoms with Gasteiger partial charge in [-0.25, -0.2) is 9.98 Å². The molecule has 0 aliphatic rings. The van der Waals surface area contributed by atoms with Gasteiger partial charge < -0.3 is 25.4 Å². The number of hydrogen-bond donors (Lipinski definition) is 3. The Bertz CT molecular complexity index is 853. The molecule has 0 radical (unpaired) electrons. The minimum absolute atomic E-state index is 0.105. The van der Waals surface area contributed by atoms with Crippen LogP contribution < -0.4 is 20.7 Å². The van der Waals surface area contributed by atoms with Crippen molar-refractivity contribution in [1.82, 2.24) is 15.6 Å². The van der Waals surface area contributed by atoms with Gasteiger partial charge in [0.2, 0.25) is 5.91 Å². The molecule has 2 rings (SSSR count). The summed E-state index contributed by atoms with van der Waals surface area (Å²) in [6.45, 7) is 8.62. The van der Waals surface area contributed by atoms with E-state index in [-0.39, 0.29) is 5.91 Å². The van der Waals surface area contributed by atoms with Gasteiger partial charge in [0.25, 0.3) is 0 Å². The molecule has 0 atom stereocenters. The van der Waals surface area contributed by atoms with Crippen molar-refractivity contribution < 1.29 is 14.3 Å². The van der Waals surface area contributed by atoms with E-state index in [9.17, 15) is 4.79 Å². The predicted octanol–water partition coefficient (Wildman–Crippen LogP) is 2.81. The standard InChI is InChI=1S/C23H33N5O3/c1-5-24-23(25-11-10-22(29)28-21-9-7-18(3)15-26-21)27-16-19-8-6-17(2)14-20(19)31-13-12-30-4/h6-9,14-15H,5,10-13,16H2,1-4H3,(H2,24,25,27)(H,26,28,29). The van der Waals surface area contributed by atoms with Crippen molar-refractivity contribution in [2.75, 3.05) is 38.7 Å². The average Bonchev–Trinajstić information content (AvgIpc) is 2.75. The fourth-order valence-electron chi connectivity index (χ4n) is 2.71. The molecule has 3 N–H and O–H groups in total. The van der Waals surface area contributed by atoms with Crippen LogP contribution in [-0.2, 0) is 16.1 Å². The van der Waals surface area contributed by atoms with Crippen molar-refractivity contribution in [3.05, 3.63) is 53.2 Å². The van der Waals surface area contributed by atoms with Gasteiger partial charge in [0.05, 0.1) is 13.2 Å². The zero-order chi connectivity index (χ0) is 22.5. The van der Waals surface area contributed by atoms with Gasteiger partial charge in [-0.2, -0.15) is 0 Å². The lowest BCUT2D eigenvalue weighted by Crippen LogP contribution is -2.38. The first-order valence-electron chi connectivity index (χ1n) is 10.5. The van der Waals surface area contributed by atoms with Gasteiger partial charge >= 0.3 is 0 Å². The quantitative estimate of drug-likeness (QED) is 0.290. The van der Waals surface area contributed by atoms with Crippen molar-refractivity contribution >= 4 is 17.7 Å². The van der Waals surface area contributed by atoms with E-state index in [0.717, 1.165) is 29.0 Å². The first kappa shape index (κ1) is 24.1. The highest BCUT2D eigenvalue weighted by Crippen LogP contribution is 2.21. The Labute approximate surface area is 184 Å². The number of methoxy groups -OCH3 is 1. The molecule has 8 nitrogen and oxygen atoms in total. The number of carbonyl (C=O) groups is 1. The highest BCUT2D eigenvalue weighted by molar-refractivity contribution is 5.90. The van der Waals surface area contributed by atoms with Crippen LogP contribution in [0.5, 0.6) is 5.75 Å². The number of amides is 1. The Hall–Kier alpha value is -3.13. The molecule has 0 spiro atoms. The van der Waals surface area contributed by atoms with E-state index in [0.29, 0.717) is 44.5 Å². The van der Waals surface area contributed by atoms with Crippen molar-refractivity contribution in [3.63, 3.8) is 0 Å². The van der Waals surface area contributed by atoms with Crippen molar-refractivity contribution in [2.45, 2.75) is 33.7 Å². The number of anilines is 1. The lowest BCUT2D eigenvalue weighted by atomic mass is 10.1. The van der Waals surface area contributed by atoms with E-state index >= 15 is 0 Å². The number of carbonyl (C=O) groups excluding carboxylic acids is 1. The number of hydrogen-bond acceptors (Lipinski definition) is 5.